The minimum atomic E-state index is -0.519. The van der Waals surface area contributed by atoms with Crippen LogP contribution in [0.1, 0.15) is 48.8 Å². The van der Waals surface area contributed by atoms with Crippen molar-refractivity contribution in [2.45, 2.75) is 46.1 Å². The number of aromatic nitrogens is 2. The molecule has 1 fully saturated rings. The van der Waals surface area contributed by atoms with E-state index < -0.39 is 5.60 Å². The zero-order valence-electron chi connectivity index (χ0n) is 21.8. The summed E-state index contributed by atoms with van der Waals surface area (Å²) in [5.74, 6) is 0.417. The van der Waals surface area contributed by atoms with E-state index in [-0.39, 0.29) is 24.1 Å². The molecule has 3 aromatic rings. The molecule has 7 nitrogen and oxygen atoms in total. The van der Waals surface area contributed by atoms with E-state index in [1.54, 1.807) is 35.5 Å². The zero-order chi connectivity index (χ0) is 26.6. The number of pyridine rings is 2. The van der Waals surface area contributed by atoms with Gasteiger partial charge in [-0.25, -0.2) is 14.2 Å². The number of piperazine rings is 1. The maximum atomic E-state index is 14.7. The summed E-state index contributed by atoms with van der Waals surface area (Å²) in [5.41, 5.74) is 2.91. The van der Waals surface area contributed by atoms with Crippen LogP contribution in [0.4, 0.5) is 15.0 Å². The van der Waals surface area contributed by atoms with Gasteiger partial charge in [0, 0.05) is 61.8 Å². The van der Waals surface area contributed by atoms with Crippen molar-refractivity contribution in [2.75, 3.05) is 31.1 Å². The number of ketones is 1. The summed E-state index contributed by atoms with van der Waals surface area (Å²) in [6.45, 7) is 9.81. The van der Waals surface area contributed by atoms with Crippen molar-refractivity contribution in [1.29, 1.82) is 0 Å². The highest BCUT2D eigenvalue weighted by Crippen LogP contribution is 2.25. The number of halogens is 1. The molecule has 1 aliphatic heterocycles. The Bertz CT molecular complexity index is 1260. The quantitative estimate of drug-likeness (QED) is 0.415. The molecule has 37 heavy (non-hydrogen) atoms. The van der Waals surface area contributed by atoms with Gasteiger partial charge in [0.05, 0.1) is 0 Å². The predicted molar refractivity (Wildman–Crippen MR) is 141 cm³/mol. The second-order valence-corrected chi connectivity index (χ2v) is 10.3. The SMILES string of the molecule is Cc1cc(-c2ccc(CCC(=O)c3ccc(N4CCN(C(=O)OC(C)(C)C)CC4)nc3)cc2F)ccn1. The zero-order valence-corrected chi connectivity index (χ0v) is 21.8. The smallest absolute Gasteiger partial charge is 0.410 e. The van der Waals surface area contributed by atoms with Crippen molar-refractivity contribution in [3.63, 3.8) is 0 Å². The van der Waals surface area contributed by atoms with Gasteiger partial charge in [-0.15, -0.1) is 0 Å². The van der Waals surface area contributed by atoms with Crippen molar-refractivity contribution >= 4 is 17.7 Å². The van der Waals surface area contributed by atoms with Crippen LogP contribution in [0.5, 0.6) is 0 Å². The number of benzene rings is 1. The third-order valence-corrected chi connectivity index (χ3v) is 6.21. The Hall–Kier alpha value is -3.81. The standard InChI is InChI=1S/C29H33FN4O3/c1-20-17-22(11-12-31-20)24-8-5-21(18-25(24)30)6-9-26(35)23-7-10-27(32-19-23)33-13-15-34(16-14-33)28(36)37-29(2,3)4/h5,7-8,10-12,17-19H,6,9,13-16H2,1-4H3. The van der Waals surface area contributed by atoms with Crippen LogP contribution in [0.3, 0.4) is 0 Å². The second kappa shape index (κ2) is 11.1. The first-order chi connectivity index (χ1) is 17.6. The lowest BCUT2D eigenvalue weighted by Gasteiger charge is -2.36. The maximum Gasteiger partial charge on any atom is 0.410 e. The molecule has 3 heterocycles. The lowest BCUT2D eigenvalue weighted by atomic mass is 9.99. The number of carbonyl (C=O) groups excluding carboxylic acids is 2. The first-order valence-corrected chi connectivity index (χ1v) is 12.5. The summed E-state index contributed by atoms with van der Waals surface area (Å²) in [6, 6.07) is 12.4. The van der Waals surface area contributed by atoms with Crippen LogP contribution < -0.4 is 4.90 Å². The van der Waals surface area contributed by atoms with Crippen LogP contribution in [0, 0.1) is 12.7 Å². The van der Waals surface area contributed by atoms with Crippen molar-refractivity contribution in [2.24, 2.45) is 0 Å². The van der Waals surface area contributed by atoms with Crippen molar-refractivity contribution in [3.05, 3.63) is 77.5 Å². The summed E-state index contributed by atoms with van der Waals surface area (Å²) >= 11 is 0. The average molecular weight is 505 g/mol. The van der Waals surface area contributed by atoms with Crippen LogP contribution in [0.15, 0.2) is 54.9 Å². The lowest BCUT2D eigenvalue weighted by molar-refractivity contribution is 0.0240. The largest absolute Gasteiger partial charge is 0.444 e. The highest BCUT2D eigenvalue weighted by Gasteiger charge is 2.26. The molecule has 8 heteroatoms. The number of rotatable bonds is 6. The predicted octanol–water partition coefficient (Wildman–Crippen LogP) is 5.46. The van der Waals surface area contributed by atoms with E-state index in [0.29, 0.717) is 43.7 Å². The fourth-order valence-corrected chi connectivity index (χ4v) is 4.25. The highest BCUT2D eigenvalue weighted by molar-refractivity contribution is 5.96. The van der Waals surface area contributed by atoms with Gasteiger partial charge in [-0.2, -0.15) is 0 Å². The summed E-state index contributed by atoms with van der Waals surface area (Å²) in [4.78, 5) is 37.4. The number of ether oxygens (including phenoxy) is 1. The maximum absolute atomic E-state index is 14.7. The Morgan fingerprint density at radius 3 is 2.38 bits per heavy atom. The second-order valence-electron chi connectivity index (χ2n) is 10.3. The number of aryl methyl sites for hydroxylation is 2. The van der Waals surface area contributed by atoms with Gasteiger partial charge in [-0.3, -0.25) is 9.78 Å². The molecule has 1 aliphatic rings. The third-order valence-electron chi connectivity index (χ3n) is 6.21. The monoisotopic (exact) mass is 504 g/mol. The number of nitrogens with zero attached hydrogens (tertiary/aromatic N) is 4. The molecule has 1 amide bonds. The third kappa shape index (κ3) is 6.90. The van der Waals surface area contributed by atoms with E-state index in [0.717, 1.165) is 22.6 Å². The minimum absolute atomic E-state index is 0.0389. The van der Waals surface area contributed by atoms with Crippen LogP contribution in [-0.2, 0) is 11.2 Å². The molecular formula is C29H33FN4O3. The van der Waals surface area contributed by atoms with Crippen LogP contribution in [-0.4, -0.2) is 58.5 Å². The lowest BCUT2D eigenvalue weighted by Crippen LogP contribution is -2.50. The van der Waals surface area contributed by atoms with E-state index in [2.05, 4.69) is 14.9 Å². The number of anilines is 1. The summed E-state index contributed by atoms with van der Waals surface area (Å²) in [7, 11) is 0. The Balaban J connectivity index is 1.30. The van der Waals surface area contributed by atoms with Gasteiger partial charge >= 0.3 is 6.09 Å². The summed E-state index contributed by atoms with van der Waals surface area (Å²) in [6.07, 6.45) is 3.67. The minimum Gasteiger partial charge on any atom is -0.444 e. The first kappa shape index (κ1) is 26.3. The van der Waals surface area contributed by atoms with Crippen LogP contribution >= 0.6 is 0 Å². The Morgan fingerprint density at radius 1 is 1.00 bits per heavy atom. The normalized spacial score (nSPS) is 14.0. The van der Waals surface area contributed by atoms with Gasteiger partial charge in [0.25, 0.3) is 0 Å². The fourth-order valence-electron chi connectivity index (χ4n) is 4.25. The van der Waals surface area contributed by atoms with E-state index in [1.165, 1.54) is 6.07 Å². The molecule has 0 saturated carbocycles. The molecular weight excluding hydrogens is 471 g/mol. The molecule has 0 spiro atoms. The van der Waals surface area contributed by atoms with Crippen LogP contribution in [0.25, 0.3) is 11.1 Å². The van der Waals surface area contributed by atoms with Gasteiger partial charge < -0.3 is 14.5 Å². The molecule has 0 aliphatic carbocycles. The Morgan fingerprint density at radius 2 is 1.76 bits per heavy atom. The molecule has 0 atom stereocenters. The van der Waals surface area contributed by atoms with Gasteiger partial charge in [-0.05, 0) is 75.6 Å². The van der Waals surface area contributed by atoms with Crippen molar-refractivity contribution in [1.82, 2.24) is 14.9 Å². The van der Waals surface area contributed by atoms with Gasteiger partial charge in [0.2, 0.25) is 0 Å². The molecule has 194 valence electrons. The Kier molecular flexibility index (Phi) is 7.86. The molecule has 1 aromatic carbocycles. The van der Waals surface area contributed by atoms with E-state index in [4.69, 9.17) is 4.74 Å². The topological polar surface area (TPSA) is 75.6 Å². The number of Topliss-reactive ketones (excluding diaryl/α,β-unsaturated/α-hetero) is 1. The Labute approximate surface area is 217 Å². The van der Waals surface area contributed by atoms with E-state index >= 15 is 0 Å². The van der Waals surface area contributed by atoms with Crippen molar-refractivity contribution < 1.29 is 18.7 Å². The molecule has 4 rings (SSSR count). The highest BCUT2D eigenvalue weighted by atomic mass is 19.1. The molecule has 0 unspecified atom stereocenters. The molecule has 0 radical (unpaired) electrons. The molecule has 0 bridgehead atoms. The molecule has 2 aromatic heterocycles. The van der Waals surface area contributed by atoms with Gasteiger partial charge in [0.15, 0.2) is 5.78 Å². The van der Waals surface area contributed by atoms with Crippen LogP contribution in [0.2, 0.25) is 0 Å². The number of carbonyl (C=O) groups is 2. The molecule has 0 N–H and O–H groups in total. The number of amides is 1. The number of hydrogen-bond donors (Lipinski definition) is 0. The fraction of sp³-hybridized carbons (Fsp3) is 0.379. The van der Waals surface area contributed by atoms with Crippen molar-refractivity contribution in [3.8, 4) is 11.1 Å². The molecule has 1 saturated heterocycles. The van der Waals surface area contributed by atoms with E-state index in [1.807, 2.05) is 45.9 Å². The number of hydrogen-bond acceptors (Lipinski definition) is 6. The van der Waals surface area contributed by atoms with Gasteiger partial charge in [0.1, 0.15) is 17.2 Å². The summed E-state index contributed by atoms with van der Waals surface area (Å²) in [5, 5.41) is 0. The van der Waals surface area contributed by atoms with Gasteiger partial charge in [-0.1, -0.05) is 12.1 Å². The summed E-state index contributed by atoms with van der Waals surface area (Å²) < 4.78 is 20.2. The average Bonchev–Trinajstić information content (AvgIpc) is 2.86. The van der Waals surface area contributed by atoms with E-state index in [9.17, 15) is 14.0 Å². The first-order valence-electron chi connectivity index (χ1n) is 12.5.